The Morgan fingerprint density at radius 1 is 1.25 bits per heavy atom. The van der Waals surface area contributed by atoms with Crippen LogP contribution in [0, 0.1) is 0 Å². The van der Waals surface area contributed by atoms with Gasteiger partial charge in [0.05, 0.1) is 24.0 Å². The molecule has 6 nitrogen and oxygen atoms in total. The molecule has 0 amide bonds. The van der Waals surface area contributed by atoms with Crippen LogP contribution in [0.15, 0.2) is 41.5 Å². The first kappa shape index (κ1) is 20.1. The molecule has 1 atom stereocenters. The van der Waals surface area contributed by atoms with Crippen LogP contribution >= 0.6 is 22.9 Å². The zero-order chi connectivity index (χ0) is 21.7. The number of hydrogen-bond donors (Lipinski definition) is 2. The van der Waals surface area contributed by atoms with Gasteiger partial charge in [-0.3, -0.25) is 14.5 Å². The molecule has 32 heavy (non-hydrogen) atoms. The van der Waals surface area contributed by atoms with E-state index in [0.717, 1.165) is 47.3 Å². The first-order valence-electron chi connectivity index (χ1n) is 11.2. The monoisotopic (exact) mass is 465 g/mol. The van der Waals surface area contributed by atoms with Gasteiger partial charge in [-0.25, -0.2) is 4.98 Å². The Labute approximate surface area is 194 Å². The second-order valence-corrected chi connectivity index (χ2v) is 10.4. The van der Waals surface area contributed by atoms with Crippen molar-refractivity contribution >= 4 is 33.2 Å². The first-order chi connectivity index (χ1) is 15.6. The van der Waals surface area contributed by atoms with Crippen LogP contribution in [0.5, 0.6) is 0 Å². The van der Waals surface area contributed by atoms with Gasteiger partial charge in [0.2, 0.25) is 0 Å². The van der Waals surface area contributed by atoms with E-state index in [-0.39, 0.29) is 5.56 Å². The topological polar surface area (TPSA) is 75.6 Å². The number of aromatic nitrogens is 4. The lowest BCUT2D eigenvalue weighted by Gasteiger charge is -2.23. The summed E-state index contributed by atoms with van der Waals surface area (Å²) in [6.45, 7) is 1.28. The highest BCUT2D eigenvalue weighted by atomic mass is 35.5. The summed E-state index contributed by atoms with van der Waals surface area (Å²) in [7, 11) is 0. The second-order valence-electron chi connectivity index (χ2n) is 8.90. The summed E-state index contributed by atoms with van der Waals surface area (Å²) < 4.78 is 1.70. The number of fused-ring (bicyclic) bond motifs is 3. The van der Waals surface area contributed by atoms with Gasteiger partial charge >= 0.3 is 0 Å². The summed E-state index contributed by atoms with van der Waals surface area (Å²) in [5.74, 6) is 0.672. The Balaban J connectivity index is 1.20. The van der Waals surface area contributed by atoms with E-state index in [9.17, 15) is 4.79 Å². The highest BCUT2D eigenvalue weighted by molar-refractivity contribution is 7.18. The lowest BCUT2D eigenvalue weighted by atomic mass is 9.93. The molecule has 2 aliphatic carbocycles. The fraction of sp³-hybridized carbons (Fsp3) is 0.375. The van der Waals surface area contributed by atoms with Gasteiger partial charge in [-0.15, -0.1) is 11.3 Å². The quantitative estimate of drug-likeness (QED) is 0.442. The molecule has 2 aliphatic rings. The van der Waals surface area contributed by atoms with Crippen molar-refractivity contribution in [2.24, 2.45) is 0 Å². The summed E-state index contributed by atoms with van der Waals surface area (Å²) in [5.41, 5.74) is 4.59. The fourth-order valence-electron chi connectivity index (χ4n) is 4.63. The summed E-state index contributed by atoms with van der Waals surface area (Å²) in [5, 5.41) is 12.8. The van der Waals surface area contributed by atoms with Crippen LogP contribution in [0.3, 0.4) is 0 Å². The van der Waals surface area contributed by atoms with E-state index in [2.05, 4.69) is 26.6 Å². The van der Waals surface area contributed by atoms with Crippen molar-refractivity contribution in [2.45, 2.75) is 57.2 Å². The van der Waals surface area contributed by atoms with E-state index in [1.165, 1.54) is 29.0 Å². The Morgan fingerprint density at radius 3 is 3.00 bits per heavy atom. The highest BCUT2D eigenvalue weighted by Crippen LogP contribution is 2.39. The standard InChI is InChI=1S/C24H24ClN5OS/c25-16-3-1-2-14(8-16)12-30-13-27-23-22(24(30)31)19-7-6-17(10-21(19)32-23)26-11-18-9-20(29-28-18)15-4-5-15/h1-3,8-9,13,15,17,26H,4-7,10-12H2,(H,28,29). The largest absolute Gasteiger partial charge is 0.308 e. The minimum atomic E-state index is 0.0453. The molecule has 8 heteroatoms. The third-order valence-electron chi connectivity index (χ3n) is 6.51. The number of aromatic amines is 1. The lowest BCUT2D eigenvalue weighted by Crippen LogP contribution is -2.34. The molecular formula is C24H24ClN5OS. The van der Waals surface area contributed by atoms with Crippen LogP contribution in [0.2, 0.25) is 5.02 Å². The molecule has 4 aromatic rings. The molecule has 0 bridgehead atoms. The fourth-order valence-corrected chi connectivity index (χ4v) is 6.10. The minimum Gasteiger partial charge on any atom is -0.308 e. The van der Waals surface area contributed by atoms with Gasteiger partial charge in [-0.05, 0) is 61.4 Å². The number of rotatable bonds is 6. The van der Waals surface area contributed by atoms with Crippen molar-refractivity contribution in [3.05, 3.63) is 79.4 Å². The predicted octanol–water partition coefficient (Wildman–Crippen LogP) is 4.41. The molecule has 0 saturated heterocycles. The predicted molar refractivity (Wildman–Crippen MR) is 128 cm³/mol. The number of aryl methyl sites for hydroxylation is 1. The Morgan fingerprint density at radius 2 is 2.16 bits per heavy atom. The SMILES string of the molecule is O=c1c2c3c(sc2ncn1Cc1cccc(Cl)c1)CC(NCc1cc(C2CC2)n[nH]1)CC3. The van der Waals surface area contributed by atoms with Crippen LogP contribution in [0.1, 0.15) is 52.6 Å². The zero-order valence-corrected chi connectivity index (χ0v) is 19.2. The number of thiophene rings is 1. The third-order valence-corrected chi connectivity index (χ3v) is 7.90. The van der Waals surface area contributed by atoms with Gasteiger partial charge in [0, 0.05) is 34.1 Å². The van der Waals surface area contributed by atoms with Gasteiger partial charge in [0.15, 0.2) is 0 Å². The molecule has 0 radical (unpaired) electrons. The number of H-pyrrole nitrogens is 1. The molecule has 164 valence electrons. The van der Waals surface area contributed by atoms with Gasteiger partial charge in [-0.1, -0.05) is 23.7 Å². The van der Waals surface area contributed by atoms with Crippen molar-refractivity contribution in [2.75, 3.05) is 0 Å². The van der Waals surface area contributed by atoms with E-state index >= 15 is 0 Å². The van der Waals surface area contributed by atoms with E-state index < -0.39 is 0 Å². The van der Waals surface area contributed by atoms with Gasteiger partial charge < -0.3 is 5.32 Å². The zero-order valence-electron chi connectivity index (χ0n) is 17.6. The lowest BCUT2D eigenvalue weighted by molar-refractivity contribution is 0.459. The van der Waals surface area contributed by atoms with Crippen molar-refractivity contribution in [3.8, 4) is 0 Å². The normalized spacial score (nSPS) is 18.2. The van der Waals surface area contributed by atoms with Gasteiger partial charge in [-0.2, -0.15) is 5.10 Å². The van der Waals surface area contributed by atoms with E-state index in [4.69, 9.17) is 11.6 Å². The number of nitrogens with zero attached hydrogens (tertiary/aromatic N) is 3. The molecule has 1 aromatic carbocycles. The average molecular weight is 466 g/mol. The molecule has 2 N–H and O–H groups in total. The highest BCUT2D eigenvalue weighted by Gasteiger charge is 2.27. The summed E-state index contributed by atoms with van der Waals surface area (Å²) in [4.78, 5) is 20.0. The number of halogens is 1. The minimum absolute atomic E-state index is 0.0453. The maximum atomic E-state index is 13.3. The molecule has 6 rings (SSSR count). The van der Waals surface area contributed by atoms with E-state index in [1.54, 1.807) is 22.2 Å². The smallest absolute Gasteiger partial charge is 0.262 e. The average Bonchev–Trinajstić information content (AvgIpc) is 3.41. The third kappa shape index (κ3) is 3.89. The van der Waals surface area contributed by atoms with E-state index in [1.807, 2.05) is 24.3 Å². The maximum absolute atomic E-state index is 13.3. The van der Waals surface area contributed by atoms with Crippen molar-refractivity contribution < 1.29 is 0 Å². The number of benzene rings is 1. The van der Waals surface area contributed by atoms with Crippen LogP contribution < -0.4 is 10.9 Å². The van der Waals surface area contributed by atoms with Crippen LogP contribution in [-0.2, 0) is 25.9 Å². The molecule has 1 unspecified atom stereocenters. The molecule has 1 fully saturated rings. The Kier molecular flexibility index (Phi) is 5.12. The van der Waals surface area contributed by atoms with E-state index in [0.29, 0.717) is 23.5 Å². The molecule has 0 spiro atoms. The van der Waals surface area contributed by atoms with Crippen LogP contribution in [-0.4, -0.2) is 25.8 Å². The van der Waals surface area contributed by atoms with Crippen molar-refractivity contribution in [3.63, 3.8) is 0 Å². The maximum Gasteiger partial charge on any atom is 0.262 e. The molecule has 3 aromatic heterocycles. The summed E-state index contributed by atoms with van der Waals surface area (Å²) in [6.07, 6.45) is 7.06. The molecule has 0 aliphatic heterocycles. The van der Waals surface area contributed by atoms with Crippen LogP contribution in [0.25, 0.3) is 10.2 Å². The number of nitrogens with one attached hydrogen (secondary N) is 2. The Bertz CT molecular complexity index is 1350. The Hall–Kier alpha value is -2.48. The second kappa shape index (κ2) is 8.14. The molecule has 1 saturated carbocycles. The number of hydrogen-bond acceptors (Lipinski definition) is 5. The molecule has 3 heterocycles. The van der Waals surface area contributed by atoms with Gasteiger partial charge in [0.25, 0.3) is 5.56 Å². The summed E-state index contributed by atoms with van der Waals surface area (Å²) >= 11 is 7.77. The van der Waals surface area contributed by atoms with Gasteiger partial charge in [0.1, 0.15) is 4.83 Å². The summed E-state index contributed by atoms with van der Waals surface area (Å²) in [6, 6.07) is 10.2. The van der Waals surface area contributed by atoms with Crippen molar-refractivity contribution in [1.29, 1.82) is 0 Å². The molecular weight excluding hydrogens is 442 g/mol. The first-order valence-corrected chi connectivity index (χ1v) is 12.3. The van der Waals surface area contributed by atoms with Crippen molar-refractivity contribution in [1.82, 2.24) is 25.1 Å². The van der Waals surface area contributed by atoms with Crippen LogP contribution in [0.4, 0.5) is 0 Å².